The maximum atomic E-state index is 13.4. The molecular formula is C12H14BrFN2O2. The molecule has 1 aromatic rings. The van der Waals surface area contributed by atoms with Crippen LogP contribution in [-0.2, 0) is 16.1 Å². The molecule has 3 N–H and O–H groups in total. The molecule has 0 spiro atoms. The maximum Gasteiger partial charge on any atom is 0.249 e. The molecule has 1 amide bonds. The molecule has 0 saturated carbocycles. The quantitative estimate of drug-likeness (QED) is 0.838. The van der Waals surface area contributed by atoms with Gasteiger partial charge in [0.25, 0.3) is 0 Å². The normalized spacial score (nSPS) is 18.9. The molecule has 1 heterocycles. The third kappa shape index (κ3) is 3.00. The number of hydrogen-bond donors (Lipinski definition) is 2. The Morgan fingerprint density at radius 2 is 2.39 bits per heavy atom. The predicted octanol–water partition coefficient (Wildman–Crippen LogP) is 1.97. The van der Waals surface area contributed by atoms with Gasteiger partial charge >= 0.3 is 0 Å². The van der Waals surface area contributed by atoms with Crippen molar-refractivity contribution in [2.75, 3.05) is 12.3 Å². The third-order valence-corrected chi connectivity index (χ3v) is 3.31. The number of ether oxygens (including phenoxy) is 1. The predicted molar refractivity (Wildman–Crippen MR) is 69.3 cm³/mol. The molecule has 1 unspecified atom stereocenters. The van der Waals surface area contributed by atoms with E-state index in [0.29, 0.717) is 16.6 Å². The van der Waals surface area contributed by atoms with Gasteiger partial charge in [-0.1, -0.05) is 15.9 Å². The van der Waals surface area contributed by atoms with Crippen LogP contribution in [0.25, 0.3) is 0 Å². The van der Waals surface area contributed by atoms with Gasteiger partial charge < -0.3 is 15.8 Å². The van der Waals surface area contributed by atoms with Crippen LogP contribution in [0.15, 0.2) is 16.6 Å². The highest BCUT2D eigenvalue weighted by Gasteiger charge is 2.23. The number of amides is 1. The highest BCUT2D eigenvalue weighted by atomic mass is 79.9. The lowest BCUT2D eigenvalue weighted by Crippen LogP contribution is -2.33. The molecule has 6 heteroatoms. The van der Waals surface area contributed by atoms with Crippen LogP contribution in [0.5, 0.6) is 0 Å². The molecule has 18 heavy (non-hydrogen) atoms. The summed E-state index contributed by atoms with van der Waals surface area (Å²) < 4.78 is 19.2. The highest BCUT2D eigenvalue weighted by Crippen LogP contribution is 2.22. The van der Waals surface area contributed by atoms with Crippen LogP contribution in [0.1, 0.15) is 18.4 Å². The average Bonchev–Trinajstić information content (AvgIpc) is 2.85. The molecule has 0 bridgehead atoms. The van der Waals surface area contributed by atoms with Gasteiger partial charge in [0.1, 0.15) is 11.9 Å². The van der Waals surface area contributed by atoms with Crippen LogP contribution in [0.4, 0.5) is 10.1 Å². The fraction of sp³-hybridized carbons (Fsp3) is 0.417. The van der Waals surface area contributed by atoms with Crippen molar-refractivity contribution in [3.05, 3.63) is 28.0 Å². The van der Waals surface area contributed by atoms with E-state index in [2.05, 4.69) is 21.2 Å². The van der Waals surface area contributed by atoms with Crippen LogP contribution in [-0.4, -0.2) is 18.6 Å². The fourth-order valence-corrected chi connectivity index (χ4v) is 2.34. The van der Waals surface area contributed by atoms with Crippen molar-refractivity contribution in [1.82, 2.24) is 5.32 Å². The van der Waals surface area contributed by atoms with E-state index >= 15 is 0 Å². The van der Waals surface area contributed by atoms with Crippen molar-refractivity contribution in [3.8, 4) is 0 Å². The number of carbonyl (C=O) groups is 1. The van der Waals surface area contributed by atoms with Crippen LogP contribution >= 0.6 is 15.9 Å². The first-order valence-corrected chi connectivity index (χ1v) is 6.50. The Kier molecular flexibility index (Phi) is 4.19. The monoisotopic (exact) mass is 316 g/mol. The van der Waals surface area contributed by atoms with E-state index in [0.717, 1.165) is 12.8 Å². The summed E-state index contributed by atoms with van der Waals surface area (Å²) in [5.74, 6) is -0.668. The van der Waals surface area contributed by atoms with Gasteiger partial charge in [-0.2, -0.15) is 0 Å². The Hall–Kier alpha value is -1.14. The summed E-state index contributed by atoms with van der Waals surface area (Å²) >= 11 is 3.19. The summed E-state index contributed by atoms with van der Waals surface area (Å²) in [6.07, 6.45) is 1.24. The zero-order valence-corrected chi connectivity index (χ0v) is 11.3. The van der Waals surface area contributed by atoms with Crippen LogP contribution in [0.2, 0.25) is 0 Å². The number of benzene rings is 1. The van der Waals surface area contributed by atoms with Gasteiger partial charge in [-0.25, -0.2) is 4.39 Å². The zero-order chi connectivity index (χ0) is 13.1. The first-order valence-electron chi connectivity index (χ1n) is 5.70. The second-order valence-corrected chi connectivity index (χ2v) is 5.10. The van der Waals surface area contributed by atoms with Gasteiger partial charge in [0.2, 0.25) is 5.91 Å². The number of halogens is 2. The molecule has 0 radical (unpaired) electrons. The minimum atomic E-state index is -0.495. The largest absolute Gasteiger partial charge is 0.396 e. The van der Waals surface area contributed by atoms with Gasteiger partial charge in [0.15, 0.2) is 0 Å². The molecule has 0 aliphatic carbocycles. The number of nitrogen functional groups attached to an aromatic ring is 1. The summed E-state index contributed by atoms with van der Waals surface area (Å²) in [7, 11) is 0. The Labute approximate surface area is 113 Å². The first kappa shape index (κ1) is 13.3. The fourth-order valence-electron chi connectivity index (χ4n) is 1.86. The molecule has 1 aliphatic rings. The van der Waals surface area contributed by atoms with Gasteiger partial charge in [0.05, 0.1) is 5.69 Å². The SMILES string of the molecule is Nc1c(F)cc(Br)cc1CNC(=O)C1CCCO1. The summed E-state index contributed by atoms with van der Waals surface area (Å²) in [6.45, 7) is 0.812. The summed E-state index contributed by atoms with van der Waals surface area (Å²) in [6, 6.07) is 2.98. The van der Waals surface area contributed by atoms with Gasteiger partial charge in [-0.15, -0.1) is 0 Å². The number of anilines is 1. The zero-order valence-electron chi connectivity index (χ0n) is 9.71. The van der Waals surface area contributed by atoms with E-state index in [1.54, 1.807) is 6.07 Å². The second kappa shape index (κ2) is 5.67. The van der Waals surface area contributed by atoms with Gasteiger partial charge in [-0.05, 0) is 30.5 Å². The standard InChI is InChI=1S/C12H14BrFN2O2/c13-8-4-7(11(15)9(14)5-8)6-16-12(17)10-2-1-3-18-10/h4-5,10H,1-3,6,15H2,(H,16,17). The van der Waals surface area contributed by atoms with E-state index in [4.69, 9.17) is 10.5 Å². The Morgan fingerprint density at radius 3 is 3.06 bits per heavy atom. The maximum absolute atomic E-state index is 13.4. The molecule has 1 atom stereocenters. The van der Waals surface area contributed by atoms with Crippen molar-refractivity contribution in [2.45, 2.75) is 25.5 Å². The number of hydrogen-bond acceptors (Lipinski definition) is 3. The van der Waals surface area contributed by atoms with E-state index in [1.165, 1.54) is 6.07 Å². The number of nitrogens with two attached hydrogens (primary N) is 1. The van der Waals surface area contributed by atoms with Crippen molar-refractivity contribution >= 4 is 27.5 Å². The van der Waals surface area contributed by atoms with E-state index in [-0.39, 0.29) is 24.2 Å². The molecular weight excluding hydrogens is 303 g/mol. The van der Waals surface area contributed by atoms with Crippen LogP contribution < -0.4 is 11.1 Å². The molecule has 4 nitrogen and oxygen atoms in total. The first-order chi connectivity index (χ1) is 8.58. The van der Waals surface area contributed by atoms with E-state index < -0.39 is 5.82 Å². The third-order valence-electron chi connectivity index (χ3n) is 2.86. The summed E-state index contributed by atoms with van der Waals surface area (Å²) in [4.78, 5) is 11.7. The summed E-state index contributed by atoms with van der Waals surface area (Å²) in [5.41, 5.74) is 6.22. The topological polar surface area (TPSA) is 64.3 Å². The van der Waals surface area contributed by atoms with Gasteiger partial charge in [0, 0.05) is 17.6 Å². The lowest BCUT2D eigenvalue weighted by atomic mass is 10.1. The van der Waals surface area contributed by atoms with E-state index in [9.17, 15) is 9.18 Å². The minimum Gasteiger partial charge on any atom is -0.396 e. The summed E-state index contributed by atoms with van der Waals surface area (Å²) in [5, 5.41) is 2.70. The molecule has 0 aromatic heterocycles. The van der Waals surface area contributed by atoms with Crippen molar-refractivity contribution in [3.63, 3.8) is 0 Å². The molecule has 1 fully saturated rings. The van der Waals surface area contributed by atoms with Crippen LogP contribution in [0.3, 0.4) is 0 Å². The van der Waals surface area contributed by atoms with Crippen molar-refractivity contribution < 1.29 is 13.9 Å². The molecule has 1 saturated heterocycles. The second-order valence-electron chi connectivity index (χ2n) is 4.18. The lowest BCUT2D eigenvalue weighted by Gasteiger charge is -2.12. The Bertz CT molecular complexity index is 462. The Balaban J connectivity index is 1.99. The number of nitrogens with one attached hydrogen (secondary N) is 1. The van der Waals surface area contributed by atoms with Crippen molar-refractivity contribution in [2.24, 2.45) is 0 Å². The van der Waals surface area contributed by atoms with Crippen molar-refractivity contribution in [1.29, 1.82) is 0 Å². The van der Waals surface area contributed by atoms with E-state index in [1.807, 2.05) is 0 Å². The Morgan fingerprint density at radius 1 is 1.61 bits per heavy atom. The number of carbonyl (C=O) groups excluding carboxylic acids is 1. The van der Waals surface area contributed by atoms with Crippen LogP contribution in [0, 0.1) is 5.82 Å². The smallest absolute Gasteiger partial charge is 0.249 e. The minimum absolute atomic E-state index is 0.0610. The lowest BCUT2D eigenvalue weighted by molar-refractivity contribution is -0.130. The molecule has 2 rings (SSSR count). The molecule has 1 aromatic carbocycles. The number of rotatable bonds is 3. The highest BCUT2D eigenvalue weighted by molar-refractivity contribution is 9.10. The molecule has 98 valence electrons. The molecule has 1 aliphatic heterocycles. The average molecular weight is 317 g/mol. The van der Waals surface area contributed by atoms with Gasteiger partial charge in [-0.3, -0.25) is 4.79 Å².